The van der Waals surface area contributed by atoms with Gasteiger partial charge in [0.05, 0.1) is 10.8 Å². The van der Waals surface area contributed by atoms with Gasteiger partial charge in [-0.2, -0.15) is 0 Å². The van der Waals surface area contributed by atoms with E-state index < -0.39 is 0 Å². The molecule has 4 atom stereocenters. The normalized spacial score (nSPS) is 20.7. The molecule has 0 radical (unpaired) electrons. The summed E-state index contributed by atoms with van der Waals surface area (Å²) in [7, 11) is 0. The Kier molecular flexibility index (Phi) is 8.10. The molecule has 4 aliphatic rings. The van der Waals surface area contributed by atoms with E-state index in [1.54, 1.807) is 0 Å². The van der Waals surface area contributed by atoms with Gasteiger partial charge in [-0.25, -0.2) is 0 Å². The molecule has 6 aromatic carbocycles. The Balaban J connectivity index is 0.988. The Morgan fingerprint density at radius 1 is 0.643 bits per heavy atom. The predicted octanol–water partition coefficient (Wildman–Crippen LogP) is 13.4. The number of aromatic nitrogens is 1. The van der Waals surface area contributed by atoms with Crippen LogP contribution < -0.4 is 0 Å². The molecular formula is C52H38N3S-. The zero-order valence-corrected chi connectivity index (χ0v) is 31.6. The van der Waals surface area contributed by atoms with E-state index in [9.17, 15) is 0 Å². The highest BCUT2D eigenvalue weighted by Gasteiger charge is 2.38. The molecule has 0 amide bonds. The fraction of sp³-hybridized carbons (Fsp3) is 0.0962. The zero-order valence-electron chi connectivity index (χ0n) is 30.7. The van der Waals surface area contributed by atoms with Crippen LogP contribution in [0.2, 0.25) is 0 Å². The molecule has 11 rings (SSSR count). The Morgan fingerprint density at radius 3 is 2.18 bits per heavy atom. The second kappa shape index (κ2) is 13.7. The first-order valence-corrected chi connectivity index (χ1v) is 20.4. The van der Waals surface area contributed by atoms with Crippen LogP contribution in [-0.4, -0.2) is 15.7 Å². The molecule has 1 aromatic heterocycles. The van der Waals surface area contributed by atoms with Gasteiger partial charge in [-0.05, 0) is 81.3 Å². The number of aliphatic imine (C=N–C) groups is 1. The molecule has 4 heteroatoms. The number of amidine groups is 1. The molecule has 268 valence electrons. The number of allylic oxidation sites excluding steroid dienone is 3. The Hall–Kier alpha value is -6.36. The van der Waals surface area contributed by atoms with Crippen molar-refractivity contribution in [2.45, 2.75) is 28.5 Å². The maximum atomic E-state index is 5.47. The molecule has 3 heterocycles. The number of thioether (sulfide) groups is 1. The maximum absolute atomic E-state index is 5.47. The van der Waals surface area contributed by atoms with Gasteiger partial charge in [0.15, 0.2) is 0 Å². The largest absolute Gasteiger partial charge is 0.457 e. The van der Waals surface area contributed by atoms with E-state index in [1.807, 2.05) is 11.8 Å². The van der Waals surface area contributed by atoms with Crippen LogP contribution in [0.25, 0.3) is 55.9 Å². The highest BCUT2D eigenvalue weighted by Crippen LogP contribution is 2.53. The van der Waals surface area contributed by atoms with Crippen LogP contribution in [0.4, 0.5) is 0 Å². The van der Waals surface area contributed by atoms with Gasteiger partial charge >= 0.3 is 0 Å². The van der Waals surface area contributed by atoms with E-state index in [4.69, 9.17) is 10.3 Å². The minimum Gasteiger partial charge on any atom is -0.457 e. The summed E-state index contributed by atoms with van der Waals surface area (Å²) in [6.07, 6.45) is 14.7. The molecule has 56 heavy (non-hydrogen) atoms. The summed E-state index contributed by atoms with van der Waals surface area (Å²) in [6, 6.07) is 56.5. The van der Waals surface area contributed by atoms with Crippen molar-refractivity contribution >= 4 is 46.0 Å². The van der Waals surface area contributed by atoms with Crippen molar-refractivity contribution in [1.29, 1.82) is 0 Å². The summed E-state index contributed by atoms with van der Waals surface area (Å²) in [5, 5.41) is 7.07. The standard InChI is InChI=1S/C52H38N3S/c1-3-13-34(14-4-1)36-25-27-37(28-26-36)45-33-46(39-18-11-17-38(31-39)35-15-5-2-6-16-35)54-52(53-45)40-29-30-42-41-19-7-9-22-47(41)55(49(42)32-40)48-23-12-21-44-43-20-8-10-24-50(43)56-51(44)48/h1-31,33,40,44-45,51H,32H2/q-1. The van der Waals surface area contributed by atoms with Crippen LogP contribution in [-0.2, 0) is 6.42 Å². The van der Waals surface area contributed by atoms with Crippen molar-refractivity contribution in [3.8, 4) is 22.3 Å². The van der Waals surface area contributed by atoms with Crippen molar-refractivity contribution in [2.75, 3.05) is 0 Å². The third kappa shape index (κ3) is 5.72. The Bertz CT molecular complexity index is 2790. The number of fused-ring (bicyclic) bond motifs is 6. The zero-order chi connectivity index (χ0) is 37.0. The SMILES string of the molecule is C1=CC2c3ccccc3SC2C(n2c3c(c4ccccc42)C=CC(C2=NC(c4cccc(-c5ccccc5)c4)=CC(c4ccc(-c5ccccc5)cc4)[N-]2)C3)=C1. The van der Waals surface area contributed by atoms with E-state index in [0.717, 1.165) is 29.1 Å². The molecule has 0 N–H and O–H groups in total. The highest BCUT2D eigenvalue weighted by atomic mass is 32.2. The van der Waals surface area contributed by atoms with E-state index in [-0.39, 0.29) is 12.0 Å². The summed E-state index contributed by atoms with van der Waals surface area (Å²) in [5.41, 5.74) is 14.7. The van der Waals surface area contributed by atoms with Gasteiger partial charge in [-0.1, -0.05) is 176 Å². The lowest BCUT2D eigenvalue weighted by molar-refractivity contribution is 0.769. The lowest BCUT2D eigenvalue weighted by atomic mass is 9.89. The van der Waals surface area contributed by atoms with Crippen LogP contribution in [0.15, 0.2) is 198 Å². The van der Waals surface area contributed by atoms with Gasteiger partial charge < -0.3 is 14.9 Å². The maximum Gasteiger partial charge on any atom is 0.0604 e. The van der Waals surface area contributed by atoms with Crippen LogP contribution in [0.3, 0.4) is 0 Å². The van der Waals surface area contributed by atoms with E-state index >= 15 is 0 Å². The third-order valence-corrected chi connectivity index (χ3v) is 13.1. The molecular weight excluding hydrogens is 699 g/mol. The van der Waals surface area contributed by atoms with Crippen molar-refractivity contribution in [3.05, 3.63) is 221 Å². The average molecular weight is 737 g/mol. The second-order valence-corrected chi connectivity index (χ2v) is 16.2. The highest BCUT2D eigenvalue weighted by molar-refractivity contribution is 8.00. The molecule has 2 aliphatic heterocycles. The Morgan fingerprint density at radius 2 is 1.34 bits per heavy atom. The lowest BCUT2D eigenvalue weighted by Crippen LogP contribution is -2.24. The van der Waals surface area contributed by atoms with Gasteiger partial charge in [0.25, 0.3) is 0 Å². The lowest BCUT2D eigenvalue weighted by Gasteiger charge is -2.38. The van der Waals surface area contributed by atoms with Crippen molar-refractivity contribution < 1.29 is 0 Å². The molecule has 0 fully saturated rings. The number of hydrogen-bond acceptors (Lipinski definition) is 2. The molecule has 3 nitrogen and oxygen atoms in total. The van der Waals surface area contributed by atoms with Crippen molar-refractivity contribution in [3.63, 3.8) is 0 Å². The quantitative estimate of drug-likeness (QED) is 0.167. The molecule has 7 aromatic rings. The summed E-state index contributed by atoms with van der Waals surface area (Å²) < 4.78 is 2.57. The van der Waals surface area contributed by atoms with Crippen LogP contribution in [0.1, 0.15) is 39.9 Å². The minimum absolute atomic E-state index is 0.0154. The van der Waals surface area contributed by atoms with E-state index in [0.29, 0.717) is 11.2 Å². The van der Waals surface area contributed by atoms with E-state index in [1.165, 1.54) is 60.6 Å². The summed E-state index contributed by atoms with van der Waals surface area (Å²) in [4.78, 5) is 6.81. The fourth-order valence-corrected chi connectivity index (χ4v) is 10.4. The molecule has 0 saturated carbocycles. The molecule has 4 unspecified atom stereocenters. The number of benzene rings is 6. The average Bonchev–Trinajstić information content (AvgIpc) is 3.83. The summed E-state index contributed by atoms with van der Waals surface area (Å²) >= 11 is 2.00. The van der Waals surface area contributed by atoms with Gasteiger partial charge in [0, 0.05) is 39.2 Å². The minimum atomic E-state index is -0.163. The van der Waals surface area contributed by atoms with Crippen molar-refractivity contribution in [1.82, 2.24) is 4.57 Å². The fourth-order valence-electron chi connectivity index (χ4n) is 8.94. The van der Waals surface area contributed by atoms with Crippen molar-refractivity contribution in [2.24, 2.45) is 10.9 Å². The third-order valence-electron chi connectivity index (χ3n) is 11.7. The molecule has 0 spiro atoms. The first-order valence-electron chi connectivity index (χ1n) is 19.5. The second-order valence-electron chi connectivity index (χ2n) is 15.0. The van der Waals surface area contributed by atoms with Crippen LogP contribution in [0.5, 0.6) is 0 Å². The predicted molar refractivity (Wildman–Crippen MR) is 236 cm³/mol. The number of rotatable bonds is 6. The molecule has 0 saturated heterocycles. The topological polar surface area (TPSA) is 31.4 Å². The first kappa shape index (κ1) is 33.0. The van der Waals surface area contributed by atoms with Gasteiger partial charge in [0.1, 0.15) is 0 Å². The molecule has 2 aliphatic carbocycles. The number of hydrogen-bond donors (Lipinski definition) is 0. The smallest absolute Gasteiger partial charge is 0.0604 e. The van der Waals surface area contributed by atoms with Gasteiger partial charge in [-0.3, -0.25) is 0 Å². The monoisotopic (exact) mass is 736 g/mol. The van der Waals surface area contributed by atoms with Gasteiger partial charge in [-0.15, -0.1) is 11.8 Å². The summed E-state index contributed by atoms with van der Waals surface area (Å²) in [5.74, 6) is 1.25. The Labute approximate surface area is 332 Å². The first-order chi connectivity index (χ1) is 27.7. The summed E-state index contributed by atoms with van der Waals surface area (Å²) in [6.45, 7) is 0. The number of para-hydroxylation sites is 1. The number of nitrogens with zero attached hydrogens (tertiary/aromatic N) is 3. The van der Waals surface area contributed by atoms with Crippen LogP contribution >= 0.6 is 11.8 Å². The van der Waals surface area contributed by atoms with E-state index in [2.05, 4.69) is 199 Å². The van der Waals surface area contributed by atoms with Gasteiger partial charge in [0.2, 0.25) is 0 Å². The van der Waals surface area contributed by atoms with Crippen LogP contribution in [0, 0.1) is 5.92 Å². The molecule has 0 bridgehead atoms.